The third-order valence-corrected chi connectivity index (χ3v) is 6.88. The molecule has 2 aromatic rings. The van der Waals surface area contributed by atoms with Gasteiger partial charge in [-0.15, -0.1) is 0 Å². The quantitative estimate of drug-likeness (QED) is 0.809. The van der Waals surface area contributed by atoms with Crippen molar-refractivity contribution < 1.29 is 19.1 Å². The van der Waals surface area contributed by atoms with Crippen LogP contribution in [-0.4, -0.2) is 34.1 Å². The number of rotatable bonds is 4. The third kappa shape index (κ3) is 2.97. The first-order chi connectivity index (χ1) is 13.2. The van der Waals surface area contributed by atoms with Crippen molar-refractivity contribution in [2.75, 3.05) is 0 Å². The van der Waals surface area contributed by atoms with Crippen LogP contribution in [0.5, 0.6) is 0 Å². The van der Waals surface area contributed by atoms with Gasteiger partial charge in [0.05, 0.1) is 11.1 Å². The molecule has 3 aliphatic carbocycles. The van der Waals surface area contributed by atoms with Crippen molar-refractivity contribution in [3.63, 3.8) is 0 Å². The number of carbonyl (C=O) groups excluding carboxylic acids is 2. The molecule has 0 amide bonds. The van der Waals surface area contributed by atoms with Crippen LogP contribution in [-0.2, 0) is 9.47 Å². The van der Waals surface area contributed by atoms with E-state index < -0.39 is 0 Å². The summed E-state index contributed by atoms with van der Waals surface area (Å²) in [7, 11) is 0. The van der Waals surface area contributed by atoms with Crippen LogP contribution in [0, 0.1) is 23.7 Å². The fraction of sp³-hybridized carbons (Fsp3) is 0.524. The van der Waals surface area contributed by atoms with Gasteiger partial charge in [0.25, 0.3) is 0 Å². The highest BCUT2D eigenvalue weighted by Crippen LogP contribution is 2.58. The summed E-state index contributed by atoms with van der Waals surface area (Å²) in [5.74, 6) is 1.96. The van der Waals surface area contributed by atoms with Crippen molar-refractivity contribution in [2.45, 2.75) is 44.3 Å². The number of fused-ring (bicyclic) bond motifs is 5. The van der Waals surface area contributed by atoms with E-state index >= 15 is 0 Å². The van der Waals surface area contributed by atoms with Gasteiger partial charge in [-0.1, -0.05) is 0 Å². The number of esters is 2. The van der Waals surface area contributed by atoms with E-state index in [9.17, 15) is 9.59 Å². The number of aromatic nitrogens is 2. The molecule has 142 valence electrons. The van der Waals surface area contributed by atoms with E-state index in [-0.39, 0.29) is 24.1 Å². The summed E-state index contributed by atoms with van der Waals surface area (Å²) in [6.07, 6.45) is 11.4. The highest BCUT2D eigenvalue weighted by molar-refractivity contribution is 5.90. The first kappa shape index (κ1) is 16.7. The van der Waals surface area contributed by atoms with Crippen molar-refractivity contribution in [3.8, 4) is 0 Å². The molecular formula is C21H24N2O4. The van der Waals surface area contributed by atoms with Crippen LogP contribution in [0.1, 0.15) is 52.8 Å². The van der Waals surface area contributed by atoms with Gasteiger partial charge < -0.3 is 19.4 Å². The molecule has 0 saturated heterocycles. The molecule has 0 aliphatic heterocycles. The van der Waals surface area contributed by atoms with Crippen LogP contribution >= 0.6 is 0 Å². The molecule has 6 unspecified atom stereocenters. The van der Waals surface area contributed by atoms with E-state index in [1.165, 1.54) is 19.3 Å². The predicted octanol–water partition coefficient (Wildman–Crippen LogP) is 3.55. The van der Waals surface area contributed by atoms with Gasteiger partial charge in [0, 0.05) is 24.8 Å². The van der Waals surface area contributed by atoms with Crippen LogP contribution in [0.3, 0.4) is 0 Å². The molecule has 27 heavy (non-hydrogen) atoms. The molecular weight excluding hydrogens is 344 g/mol. The summed E-state index contributed by atoms with van der Waals surface area (Å²) in [4.78, 5) is 30.8. The summed E-state index contributed by atoms with van der Waals surface area (Å²) in [6.45, 7) is 0. The van der Waals surface area contributed by atoms with Crippen LogP contribution in [0.2, 0.25) is 0 Å². The smallest absolute Gasteiger partial charge is 0.340 e. The fourth-order valence-corrected chi connectivity index (χ4v) is 5.66. The van der Waals surface area contributed by atoms with Gasteiger partial charge in [-0.3, -0.25) is 0 Å². The maximum atomic E-state index is 12.5. The molecule has 3 fully saturated rings. The average molecular weight is 368 g/mol. The maximum absolute atomic E-state index is 12.5. The van der Waals surface area contributed by atoms with Gasteiger partial charge in [-0.2, -0.15) is 0 Å². The summed E-state index contributed by atoms with van der Waals surface area (Å²) >= 11 is 0. The lowest BCUT2D eigenvalue weighted by Gasteiger charge is -2.42. The van der Waals surface area contributed by atoms with Crippen molar-refractivity contribution in [3.05, 3.63) is 48.0 Å². The Bertz CT molecular complexity index is 745. The van der Waals surface area contributed by atoms with Crippen molar-refractivity contribution in [1.29, 1.82) is 0 Å². The molecule has 6 heteroatoms. The minimum absolute atomic E-state index is 0.356. The molecule has 3 aliphatic rings. The number of carbonyl (C=O) groups is 2. The Morgan fingerprint density at radius 1 is 0.778 bits per heavy atom. The Morgan fingerprint density at radius 2 is 1.26 bits per heavy atom. The molecule has 0 radical (unpaired) electrons. The fourth-order valence-electron chi connectivity index (χ4n) is 5.66. The number of hydrogen-bond acceptors (Lipinski definition) is 4. The third-order valence-electron chi connectivity index (χ3n) is 6.88. The van der Waals surface area contributed by atoms with E-state index in [1.54, 1.807) is 36.9 Å². The Morgan fingerprint density at radius 3 is 1.67 bits per heavy atom. The van der Waals surface area contributed by atoms with E-state index in [4.69, 9.17) is 9.47 Å². The Hall–Kier alpha value is -2.50. The Labute approximate surface area is 157 Å². The van der Waals surface area contributed by atoms with Crippen LogP contribution in [0.4, 0.5) is 0 Å². The van der Waals surface area contributed by atoms with Crippen molar-refractivity contribution in [2.24, 2.45) is 23.7 Å². The average Bonchev–Trinajstić information content (AvgIpc) is 3.47. The highest BCUT2D eigenvalue weighted by Gasteiger charge is 2.53. The molecule has 2 N–H and O–H groups in total. The van der Waals surface area contributed by atoms with Crippen LogP contribution < -0.4 is 0 Å². The number of H-pyrrole nitrogens is 2. The molecule has 0 spiro atoms. The Balaban J connectivity index is 1.35. The van der Waals surface area contributed by atoms with Gasteiger partial charge in [0.1, 0.15) is 12.2 Å². The standard InChI is InChI=1S/C21H24N2O4/c24-20(14-3-5-22-10-14)26-18-8-16-12-1-2-13(7-12)17(16)9-19(18)27-21(25)15-4-6-23-11-15/h3-6,10-13,16-19,22-23H,1-2,7-9H2. The van der Waals surface area contributed by atoms with Crippen LogP contribution in [0.25, 0.3) is 0 Å². The van der Waals surface area contributed by atoms with Crippen LogP contribution in [0.15, 0.2) is 36.9 Å². The van der Waals surface area contributed by atoms with Gasteiger partial charge in [-0.25, -0.2) is 9.59 Å². The molecule has 3 saturated carbocycles. The lowest BCUT2D eigenvalue weighted by atomic mass is 9.69. The molecule has 2 bridgehead atoms. The zero-order valence-electron chi connectivity index (χ0n) is 15.1. The Kier molecular flexibility index (Phi) is 4.06. The molecule has 6 atom stereocenters. The SMILES string of the molecule is O=C(OC1CC2C3CCC(C3)C2CC1OC(=O)c1cc[nH]c1)c1cc[nH]c1. The zero-order valence-corrected chi connectivity index (χ0v) is 15.1. The number of hydrogen-bond donors (Lipinski definition) is 2. The molecule has 2 aromatic heterocycles. The molecule has 5 rings (SSSR count). The van der Waals surface area contributed by atoms with Gasteiger partial charge in [0.15, 0.2) is 0 Å². The predicted molar refractivity (Wildman–Crippen MR) is 97.0 cm³/mol. The first-order valence-corrected chi connectivity index (χ1v) is 9.86. The van der Waals surface area contributed by atoms with Gasteiger partial charge in [0.2, 0.25) is 0 Å². The second-order valence-electron chi connectivity index (χ2n) is 8.22. The first-order valence-electron chi connectivity index (χ1n) is 9.86. The van der Waals surface area contributed by atoms with E-state index in [2.05, 4.69) is 9.97 Å². The van der Waals surface area contributed by atoms with Crippen molar-refractivity contribution in [1.82, 2.24) is 9.97 Å². The van der Waals surface area contributed by atoms with Gasteiger partial charge >= 0.3 is 11.9 Å². The number of aromatic amines is 2. The van der Waals surface area contributed by atoms with Crippen molar-refractivity contribution >= 4 is 11.9 Å². The minimum atomic E-state index is -0.379. The second-order valence-corrected chi connectivity index (χ2v) is 8.22. The lowest BCUT2D eigenvalue weighted by molar-refractivity contribution is -0.0822. The van der Waals surface area contributed by atoms with Gasteiger partial charge in [-0.05, 0) is 67.9 Å². The molecule has 6 nitrogen and oxygen atoms in total. The topological polar surface area (TPSA) is 84.2 Å². The van der Waals surface area contributed by atoms with E-state index in [0.29, 0.717) is 23.0 Å². The minimum Gasteiger partial charge on any atom is -0.455 e. The summed E-state index contributed by atoms with van der Waals surface area (Å²) in [5.41, 5.74) is 1.00. The summed E-state index contributed by atoms with van der Waals surface area (Å²) < 4.78 is 11.7. The maximum Gasteiger partial charge on any atom is 0.340 e. The largest absolute Gasteiger partial charge is 0.455 e. The van der Waals surface area contributed by atoms with E-state index in [0.717, 1.165) is 24.7 Å². The number of ether oxygens (including phenoxy) is 2. The number of nitrogens with one attached hydrogen (secondary N) is 2. The second kappa shape index (κ2) is 6.59. The molecule has 2 heterocycles. The normalized spacial score (nSPS) is 34.2. The zero-order chi connectivity index (χ0) is 18.4. The summed E-state index contributed by atoms with van der Waals surface area (Å²) in [5, 5.41) is 0. The summed E-state index contributed by atoms with van der Waals surface area (Å²) in [6, 6.07) is 3.40. The highest BCUT2D eigenvalue weighted by atomic mass is 16.6. The van der Waals surface area contributed by atoms with E-state index in [1.807, 2.05) is 0 Å². The monoisotopic (exact) mass is 368 g/mol. The molecule has 0 aromatic carbocycles. The lowest BCUT2D eigenvalue weighted by Crippen LogP contribution is -2.45.